The van der Waals surface area contributed by atoms with E-state index in [9.17, 15) is 0 Å². The summed E-state index contributed by atoms with van der Waals surface area (Å²) in [7, 11) is 0. The molecule has 12 rings (SSSR count). The van der Waals surface area contributed by atoms with Crippen LogP contribution in [-0.2, 0) is 0 Å². The average Bonchev–Trinajstić information content (AvgIpc) is 3.90. The van der Waals surface area contributed by atoms with Crippen LogP contribution in [0.1, 0.15) is 0 Å². The first-order valence-electron chi connectivity index (χ1n) is 18.0. The van der Waals surface area contributed by atoms with Crippen LogP contribution >= 0.6 is 22.7 Å². The first-order chi connectivity index (χ1) is 26.3. The highest BCUT2D eigenvalue weighted by Gasteiger charge is 2.23. The van der Waals surface area contributed by atoms with Gasteiger partial charge in [0, 0.05) is 56.7 Å². The first-order valence-corrected chi connectivity index (χ1v) is 19.6. The minimum atomic E-state index is 0.915. The topological polar surface area (TPSA) is 13.1 Å². The molecule has 246 valence electrons. The molecular formula is C50H28OS2. The van der Waals surface area contributed by atoms with Crippen molar-refractivity contribution in [3.05, 3.63) is 170 Å². The summed E-state index contributed by atoms with van der Waals surface area (Å²) in [5.74, 6) is 0. The molecule has 0 saturated carbocycles. The molecule has 0 N–H and O–H groups in total. The van der Waals surface area contributed by atoms with Crippen LogP contribution in [0.5, 0.6) is 0 Å². The van der Waals surface area contributed by atoms with Crippen LogP contribution in [0, 0.1) is 0 Å². The van der Waals surface area contributed by atoms with Crippen molar-refractivity contribution in [1.82, 2.24) is 0 Å². The van der Waals surface area contributed by atoms with Crippen molar-refractivity contribution >= 4 is 107 Å². The smallest absolute Gasteiger partial charge is 0.136 e. The SMILES string of the molecule is c1ccc(-c2ccc(-c3c(-c4cccc5c4sc4ccccc45)c4cc5c(cc4c4cc6c(cc34)sc3ccccc36)oc3ccccc35)cc2)cc1. The summed E-state index contributed by atoms with van der Waals surface area (Å²) in [4.78, 5) is 0. The minimum absolute atomic E-state index is 0.915. The Bertz CT molecular complexity index is 3430. The van der Waals surface area contributed by atoms with Gasteiger partial charge in [0.05, 0.1) is 0 Å². The van der Waals surface area contributed by atoms with Crippen LogP contribution in [0.25, 0.3) is 117 Å². The lowest BCUT2D eigenvalue weighted by molar-refractivity contribution is 0.669. The van der Waals surface area contributed by atoms with Gasteiger partial charge in [0.1, 0.15) is 11.2 Å². The standard InChI is InChI=1S/C50H28OS2/c1-2-11-29(12-3-1)30-21-23-31(24-22-30)48-42-28-47-40(34-15-6-8-19-45(34)52-47)25-37(42)38-27-44-39(32-13-4-7-18-43(32)51-44)26-41(38)49(48)36-17-10-16-35-33-14-5-9-20-46(33)53-50(35)36/h1-28H. The van der Waals surface area contributed by atoms with Gasteiger partial charge in [0.15, 0.2) is 0 Å². The molecule has 1 nitrogen and oxygen atoms in total. The molecule has 3 heteroatoms. The fraction of sp³-hybridized carbons (Fsp3) is 0. The van der Waals surface area contributed by atoms with Gasteiger partial charge in [-0.1, -0.05) is 127 Å². The molecule has 0 radical (unpaired) electrons. The lowest BCUT2D eigenvalue weighted by atomic mass is 9.83. The van der Waals surface area contributed by atoms with Crippen molar-refractivity contribution < 1.29 is 4.42 Å². The Kier molecular flexibility index (Phi) is 6.15. The molecule has 53 heavy (non-hydrogen) atoms. The predicted octanol–water partition coefficient (Wildman–Crippen LogP) is 15.6. The van der Waals surface area contributed by atoms with Crippen LogP contribution in [-0.4, -0.2) is 0 Å². The van der Waals surface area contributed by atoms with Crippen LogP contribution in [0.2, 0.25) is 0 Å². The highest BCUT2D eigenvalue weighted by atomic mass is 32.1. The zero-order valence-corrected chi connectivity index (χ0v) is 30.0. The largest absolute Gasteiger partial charge is 0.456 e. The molecule has 0 atom stereocenters. The molecule has 0 unspecified atom stereocenters. The third kappa shape index (κ3) is 4.29. The Morgan fingerprint density at radius 2 is 0.906 bits per heavy atom. The number of hydrogen-bond acceptors (Lipinski definition) is 3. The average molecular weight is 709 g/mol. The van der Waals surface area contributed by atoms with E-state index in [1.54, 1.807) is 0 Å². The molecule has 0 aliphatic carbocycles. The van der Waals surface area contributed by atoms with E-state index in [1.807, 2.05) is 22.7 Å². The minimum Gasteiger partial charge on any atom is -0.456 e. The van der Waals surface area contributed by atoms with Gasteiger partial charge in [-0.05, 0) is 91.8 Å². The molecule has 3 aromatic heterocycles. The molecule has 0 aliphatic rings. The van der Waals surface area contributed by atoms with E-state index < -0.39 is 0 Å². The van der Waals surface area contributed by atoms with Crippen molar-refractivity contribution in [2.24, 2.45) is 0 Å². The van der Waals surface area contributed by atoms with Crippen LogP contribution in [0.4, 0.5) is 0 Å². The molecule has 9 aromatic carbocycles. The van der Waals surface area contributed by atoms with Crippen LogP contribution in [0.3, 0.4) is 0 Å². The van der Waals surface area contributed by atoms with Gasteiger partial charge in [-0.2, -0.15) is 0 Å². The molecule has 0 amide bonds. The van der Waals surface area contributed by atoms with E-state index >= 15 is 0 Å². The Hall–Kier alpha value is -6.26. The fourth-order valence-electron chi connectivity index (χ4n) is 8.65. The Morgan fingerprint density at radius 1 is 0.302 bits per heavy atom. The Morgan fingerprint density at radius 3 is 1.74 bits per heavy atom. The molecule has 0 spiro atoms. The second kappa shape index (κ2) is 11.1. The Labute approximate surface area is 312 Å². The van der Waals surface area contributed by atoms with Gasteiger partial charge >= 0.3 is 0 Å². The number of para-hydroxylation sites is 1. The van der Waals surface area contributed by atoms with E-state index in [1.165, 1.54) is 95.3 Å². The van der Waals surface area contributed by atoms with E-state index in [0.717, 1.165) is 21.9 Å². The van der Waals surface area contributed by atoms with Crippen molar-refractivity contribution in [2.45, 2.75) is 0 Å². The highest BCUT2D eigenvalue weighted by molar-refractivity contribution is 7.26. The maximum absolute atomic E-state index is 6.58. The second-order valence-electron chi connectivity index (χ2n) is 14.0. The maximum atomic E-state index is 6.58. The number of fused-ring (bicyclic) bond motifs is 12. The molecule has 0 aliphatic heterocycles. The number of thiophene rings is 2. The summed E-state index contributed by atoms with van der Waals surface area (Å²) < 4.78 is 11.8. The van der Waals surface area contributed by atoms with Crippen molar-refractivity contribution in [3.63, 3.8) is 0 Å². The van der Waals surface area contributed by atoms with Gasteiger partial charge < -0.3 is 4.42 Å². The second-order valence-corrected chi connectivity index (χ2v) is 16.1. The number of benzene rings is 9. The highest BCUT2D eigenvalue weighted by Crippen LogP contribution is 2.51. The summed E-state index contributed by atoms with van der Waals surface area (Å²) in [6.45, 7) is 0. The fourth-order valence-corrected chi connectivity index (χ4v) is 11.0. The van der Waals surface area contributed by atoms with E-state index in [2.05, 4.69) is 170 Å². The molecule has 3 heterocycles. The summed E-state index contributed by atoms with van der Waals surface area (Å²) >= 11 is 3.78. The molecule has 12 aromatic rings. The maximum Gasteiger partial charge on any atom is 0.136 e. The summed E-state index contributed by atoms with van der Waals surface area (Å²) in [5, 5.41) is 12.5. The van der Waals surface area contributed by atoms with Crippen molar-refractivity contribution in [3.8, 4) is 33.4 Å². The first kappa shape index (κ1) is 29.3. The van der Waals surface area contributed by atoms with Crippen LogP contribution in [0.15, 0.2) is 174 Å². The van der Waals surface area contributed by atoms with Crippen molar-refractivity contribution in [2.75, 3.05) is 0 Å². The summed E-state index contributed by atoms with van der Waals surface area (Å²) in [6, 6.07) is 62.5. The Balaban J connectivity index is 1.30. The third-order valence-corrected chi connectivity index (χ3v) is 13.4. The van der Waals surface area contributed by atoms with Gasteiger partial charge in [0.25, 0.3) is 0 Å². The molecule has 0 bridgehead atoms. The predicted molar refractivity (Wildman–Crippen MR) is 231 cm³/mol. The lowest BCUT2D eigenvalue weighted by Crippen LogP contribution is -1.93. The molecule has 0 fully saturated rings. The number of rotatable bonds is 3. The summed E-state index contributed by atoms with van der Waals surface area (Å²) in [5.41, 5.74) is 9.28. The zero-order valence-electron chi connectivity index (χ0n) is 28.4. The lowest BCUT2D eigenvalue weighted by Gasteiger charge is -2.20. The van der Waals surface area contributed by atoms with Crippen molar-refractivity contribution in [1.29, 1.82) is 0 Å². The van der Waals surface area contributed by atoms with Gasteiger partial charge in [-0.15, -0.1) is 22.7 Å². The molecular weight excluding hydrogens is 681 g/mol. The number of hydrogen-bond donors (Lipinski definition) is 0. The van der Waals surface area contributed by atoms with E-state index in [4.69, 9.17) is 4.42 Å². The number of furan rings is 1. The van der Waals surface area contributed by atoms with Gasteiger partial charge in [-0.3, -0.25) is 0 Å². The third-order valence-electron chi connectivity index (χ3n) is 11.1. The van der Waals surface area contributed by atoms with Gasteiger partial charge in [-0.25, -0.2) is 0 Å². The van der Waals surface area contributed by atoms with Crippen LogP contribution < -0.4 is 0 Å². The quantitative estimate of drug-likeness (QED) is 0.167. The van der Waals surface area contributed by atoms with E-state index in [-0.39, 0.29) is 0 Å². The van der Waals surface area contributed by atoms with E-state index in [0.29, 0.717) is 0 Å². The normalized spacial score (nSPS) is 12.2. The molecule has 0 saturated heterocycles. The summed E-state index contributed by atoms with van der Waals surface area (Å²) in [6.07, 6.45) is 0. The monoisotopic (exact) mass is 708 g/mol. The van der Waals surface area contributed by atoms with Gasteiger partial charge in [0.2, 0.25) is 0 Å². The zero-order chi connectivity index (χ0) is 34.6.